The lowest BCUT2D eigenvalue weighted by Crippen LogP contribution is -2.22. The summed E-state index contributed by atoms with van der Waals surface area (Å²) >= 11 is 0. The fraction of sp³-hybridized carbons (Fsp3) is 0.250. The Morgan fingerprint density at radius 3 is 2.39 bits per heavy atom. The summed E-state index contributed by atoms with van der Waals surface area (Å²) in [7, 11) is -2.87. The fourth-order valence-corrected chi connectivity index (χ4v) is 3.51. The van der Waals surface area contributed by atoms with Gasteiger partial charge in [0.1, 0.15) is 5.82 Å². The van der Waals surface area contributed by atoms with E-state index in [2.05, 4.69) is 4.72 Å². The van der Waals surface area contributed by atoms with E-state index in [0.29, 0.717) is 12.1 Å². The summed E-state index contributed by atoms with van der Waals surface area (Å²) in [5.41, 5.74) is 3.81. The van der Waals surface area contributed by atoms with E-state index in [9.17, 15) is 36.1 Å². The Morgan fingerprint density at radius 2 is 1.86 bits per heavy atom. The van der Waals surface area contributed by atoms with Crippen molar-refractivity contribution in [2.75, 3.05) is 7.05 Å². The standard InChI is InChI=1S/C16H15F4N3O4S/c1-22-28(26,27)15-5-3-11(23(24)25)6-10(15)8-14(21)9-2-4-13(17)12(7-9)16(18,19)20/h2-7,14,22H,8,21H2,1H3/t14-/m0/s1. The molecule has 0 aliphatic carbocycles. The lowest BCUT2D eigenvalue weighted by atomic mass is 9.97. The molecule has 3 N–H and O–H groups in total. The van der Waals surface area contributed by atoms with Crippen LogP contribution in [0.3, 0.4) is 0 Å². The van der Waals surface area contributed by atoms with E-state index in [-0.39, 0.29) is 22.4 Å². The van der Waals surface area contributed by atoms with Gasteiger partial charge in [-0.15, -0.1) is 0 Å². The van der Waals surface area contributed by atoms with Gasteiger partial charge in [0.25, 0.3) is 5.69 Å². The van der Waals surface area contributed by atoms with Crippen LogP contribution in [0, 0.1) is 15.9 Å². The molecule has 0 aromatic heterocycles. The highest BCUT2D eigenvalue weighted by molar-refractivity contribution is 7.89. The highest BCUT2D eigenvalue weighted by atomic mass is 32.2. The van der Waals surface area contributed by atoms with Crippen LogP contribution in [0.2, 0.25) is 0 Å². The molecule has 12 heteroatoms. The molecule has 0 saturated carbocycles. The molecule has 2 rings (SSSR count). The molecule has 28 heavy (non-hydrogen) atoms. The zero-order valence-corrected chi connectivity index (χ0v) is 15.1. The zero-order chi connectivity index (χ0) is 21.3. The predicted molar refractivity (Wildman–Crippen MR) is 91.4 cm³/mol. The van der Waals surface area contributed by atoms with Gasteiger partial charge in [0.2, 0.25) is 10.0 Å². The SMILES string of the molecule is CNS(=O)(=O)c1ccc([N+](=O)[O-])cc1C[C@H](N)c1ccc(F)c(C(F)(F)F)c1. The van der Waals surface area contributed by atoms with E-state index in [1.807, 2.05) is 0 Å². The maximum absolute atomic E-state index is 13.4. The second-order valence-electron chi connectivity index (χ2n) is 5.80. The number of alkyl halides is 3. The molecule has 2 aromatic rings. The van der Waals surface area contributed by atoms with Gasteiger partial charge in [0.15, 0.2) is 0 Å². The highest BCUT2D eigenvalue weighted by Crippen LogP contribution is 2.34. The normalized spacial score (nSPS) is 13.4. The van der Waals surface area contributed by atoms with E-state index < -0.39 is 44.2 Å². The highest BCUT2D eigenvalue weighted by Gasteiger charge is 2.34. The minimum Gasteiger partial charge on any atom is -0.324 e. The Balaban J connectivity index is 2.50. The number of hydrogen-bond acceptors (Lipinski definition) is 5. The molecule has 1 atom stereocenters. The molecule has 0 saturated heterocycles. The average molecular weight is 421 g/mol. The first-order valence-corrected chi connectivity index (χ1v) is 9.18. The van der Waals surface area contributed by atoms with Crippen LogP contribution >= 0.6 is 0 Å². The summed E-state index contributed by atoms with van der Waals surface area (Å²) in [6, 6.07) is 3.99. The molecule has 152 valence electrons. The molecular formula is C16H15F4N3O4S. The van der Waals surface area contributed by atoms with Crippen LogP contribution in [0.5, 0.6) is 0 Å². The number of hydrogen-bond donors (Lipinski definition) is 2. The van der Waals surface area contributed by atoms with Gasteiger partial charge in [-0.2, -0.15) is 13.2 Å². The third-order valence-electron chi connectivity index (χ3n) is 3.98. The number of nitrogens with one attached hydrogen (secondary N) is 1. The fourth-order valence-electron chi connectivity index (χ4n) is 2.56. The quantitative estimate of drug-likeness (QED) is 0.423. The van der Waals surface area contributed by atoms with Crippen LogP contribution < -0.4 is 10.5 Å². The van der Waals surface area contributed by atoms with Crippen molar-refractivity contribution in [2.24, 2.45) is 5.73 Å². The molecule has 7 nitrogen and oxygen atoms in total. The van der Waals surface area contributed by atoms with Gasteiger partial charge in [0, 0.05) is 18.2 Å². The Labute approximate surface area is 157 Å². The molecule has 0 aliphatic heterocycles. The molecule has 0 amide bonds. The summed E-state index contributed by atoms with van der Waals surface area (Å²) in [6.07, 6.45) is -5.27. The largest absolute Gasteiger partial charge is 0.419 e. The van der Waals surface area contributed by atoms with E-state index in [1.54, 1.807) is 0 Å². The van der Waals surface area contributed by atoms with Crippen LogP contribution in [-0.4, -0.2) is 20.4 Å². The lowest BCUT2D eigenvalue weighted by molar-refractivity contribution is -0.385. The maximum Gasteiger partial charge on any atom is 0.419 e. The first kappa shape index (κ1) is 21.7. The number of nitrogens with zero attached hydrogens (tertiary/aromatic N) is 1. The Hall–Kier alpha value is -2.57. The molecule has 0 aliphatic rings. The van der Waals surface area contributed by atoms with Crippen LogP contribution in [0.1, 0.15) is 22.7 Å². The topological polar surface area (TPSA) is 115 Å². The van der Waals surface area contributed by atoms with Crippen molar-refractivity contribution in [1.82, 2.24) is 4.72 Å². The van der Waals surface area contributed by atoms with E-state index in [1.165, 1.54) is 0 Å². The van der Waals surface area contributed by atoms with Gasteiger partial charge in [-0.25, -0.2) is 17.5 Å². The number of nitrogens with two attached hydrogens (primary N) is 1. The van der Waals surface area contributed by atoms with Crippen LogP contribution in [0.15, 0.2) is 41.3 Å². The average Bonchev–Trinajstić information content (AvgIpc) is 2.60. The smallest absolute Gasteiger partial charge is 0.324 e. The van der Waals surface area contributed by atoms with Crippen molar-refractivity contribution in [3.8, 4) is 0 Å². The first-order valence-electron chi connectivity index (χ1n) is 7.70. The lowest BCUT2D eigenvalue weighted by Gasteiger charge is -2.17. The number of sulfonamides is 1. The van der Waals surface area contributed by atoms with Crippen LogP contribution in [0.4, 0.5) is 23.2 Å². The minimum absolute atomic E-state index is 0.0612. The molecule has 2 aromatic carbocycles. The van der Waals surface area contributed by atoms with Crippen molar-refractivity contribution in [2.45, 2.75) is 23.5 Å². The molecule has 0 heterocycles. The van der Waals surface area contributed by atoms with Crippen molar-refractivity contribution in [3.05, 3.63) is 69.0 Å². The number of non-ortho nitro benzene ring substituents is 1. The van der Waals surface area contributed by atoms with E-state index in [0.717, 1.165) is 31.3 Å². The summed E-state index contributed by atoms with van der Waals surface area (Å²) in [5, 5.41) is 11.0. The van der Waals surface area contributed by atoms with Crippen molar-refractivity contribution in [3.63, 3.8) is 0 Å². The number of rotatable bonds is 6. The van der Waals surface area contributed by atoms with E-state index >= 15 is 0 Å². The Kier molecular flexibility index (Phi) is 6.06. The summed E-state index contributed by atoms with van der Waals surface area (Å²) in [5.74, 6) is -1.47. The molecule has 0 spiro atoms. The number of nitro benzene ring substituents is 1. The molecule has 0 unspecified atom stereocenters. The van der Waals surface area contributed by atoms with Crippen molar-refractivity contribution in [1.29, 1.82) is 0 Å². The molecule has 0 radical (unpaired) electrons. The number of nitro groups is 1. The van der Waals surface area contributed by atoms with Crippen LogP contribution in [0.25, 0.3) is 0 Å². The van der Waals surface area contributed by atoms with E-state index in [4.69, 9.17) is 5.73 Å². The summed E-state index contributed by atoms with van der Waals surface area (Å²) in [4.78, 5) is 9.93. The second-order valence-corrected chi connectivity index (χ2v) is 7.66. The van der Waals surface area contributed by atoms with Gasteiger partial charge >= 0.3 is 6.18 Å². The van der Waals surface area contributed by atoms with Crippen LogP contribution in [-0.2, 0) is 22.6 Å². The van der Waals surface area contributed by atoms with Gasteiger partial charge in [0.05, 0.1) is 15.4 Å². The minimum atomic E-state index is -4.94. The number of benzene rings is 2. The zero-order valence-electron chi connectivity index (χ0n) is 14.3. The summed E-state index contributed by atoms with van der Waals surface area (Å²) in [6.45, 7) is 0. The van der Waals surface area contributed by atoms with Gasteiger partial charge < -0.3 is 5.73 Å². The molecule has 0 bridgehead atoms. The third-order valence-corrected chi connectivity index (χ3v) is 5.49. The van der Waals surface area contributed by atoms with Gasteiger partial charge in [-0.3, -0.25) is 10.1 Å². The summed E-state index contributed by atoms with van der Waals surface area (Å²) < 4.78 is 78.4. The Morgan fingerprint density at radius 1 is 1.21 bits per heavy atom. The Bertz CT molecular complexity index is 1010. The molecule has 0 fully saturated rings. The van der Waals surface area contributed by atoms with Gasteiger partial charge in [-0.05, 0) is 42.8 Å². The second kappa shape index (κ2) is 7.81. The maximum atomic E-state index is 13.4. The van der Waals surface area contributed by atoms with Crippen molar-refractivity contribution < 1.29 is 30.9 Å². The predicted octanol–water partition coefficient (Wildman–Crippen LogP) is 2.90. The molecular weight excluding hydrogens is 406 g/mol. The van der Waals surface area contributed by atoms with Crippen molar-refractivity contribution >= 4 is 15.7 Å². The third kappa shape index (κ3) is 4.64. The first-order chi connectivity index (χ1) is 12.9. The number of halogens is 4. The van der Waals surface area contributed by atoms with Gasteiger partial charge in [-0.1, -0.05) is 6.07 Å². The monoisotopic (exact) mass is 421 g/mol.